The Hall–Kier alpha value is -0.410. The fraction of sp³-hybridized carbons (Fsp3) is 1.00. The van der Waals surface area contributed by atoms with Gasteiger partial charge >= 0.3 is 0 Å². The number of ether oxygens (including phenoxy) is 2. The Morgan fingerprint density at radius 2 is 1.16 bits per heavy atom. The molecule has 2 spiro atoms. The van der Waals surface area contributed by atoms with Gasteiger partial charge in [-0.1, -0.05) is 83.1 Å². The number of likely N-dealkylation sites (N-methyl/N-ethyl adjacent to an activating group) is 1. The summed E-state index contributed by atoms with van der Waals surface area (Å²) in [5, 5.41) is -0.209. The molecule has 6 aliphatic rings. The monoisotopic (exact) mass is 767 g/mol. The average molecular weight is 767 g/mol. The van der Waals surface area contributed by atoms with E-state index in [4.69, 9.17) is 9.47 Å². The van der Waals surface area contributed by atoms with Crippen LogP contribution < -0.4 is 0 Å². The molecule has 0 saturated carbocycles. The summed E-state index contributed by atoms with van der Waals surface area (Å²) < 4.78 is 72.7. The third kappa shape index (κ3) is 10.7. The van der Waals surface area contributed by atoms with Gasteiger partial charge in [-0.15, -0.1) is 0 Å². The first kappa shape index (κ1) is 45.0. The van der Waals surface area contributed by atoms with Crippen molar-refractivity contribution in [2.24, 2.45) is 27.6 Å². The molecule has 6 rings (SSSR count). The average Bonchev–Trinajstić information content (AvgIpc) is 3.44. The van der Waals surface area contributed by atoms with Gasteiger partial charge in [0.2, 0.25) is 0 Å². The van der Waals surface area contributed by atoms with Crippen LogP contribution in [0.3, 0.4) is 0 Å². The molecule has 6 heterocycles. The van der Waals surface area contributed by atoms with Crippen molar-refractivity contribution in [1.82, 2.24) is 19.6 Å². The number of rotatable bonds is 0. The lowest BCUT2D eigenvalue weighted by molar-refractivity contribution is -0.246. The lowest BCUT2D eigenvalue weighted by atomic mass is 9.73. The minimum absolute atomic E-state index is 0.116. The van der Waals surface area contributed by atoms with Crippen LogP contribution in [0.15, 0.2) is 0 Å². The molecular formula is C38H75FN4O6S2. The number of hydrogen-bond acceptors (Lipinski definition) is 10. The van der Waals surface area contributed by atoms with E-state index in [0.717, 1.165) is 39.2 Å². The largest absolute Gasteiger partial charge is 0.345 e. The lowest BCUT2D eigenvalue weighted by Gasteiger charge is -2.50. The summed E-state index contributed by atoms with van der Waals surface area (Å²) in [6.07, 6.45) is 1.12. The summed E-state index contributed by atoms with van der Waals surface area (Å²) >= 11 is 0. The highest BCUT2D eigenvalue weighted by Gasteiger charge is 2.59. The zero-order chi connectivity index (χ0) is 39.4. The first-order chi connectivity index (χ1) is 22.7. The zero-order valence-electron chi connectivity index (χ0n) is 35.2. The topological polar surface area (TPSA) is 99.7 Å². The number of likely N-dealkylation sites (tertiary alicyclic amines) is 3. The Balaban J connectivity index is 0.000000185. The molecule has 6 fully saturated rings. The molecule has 302 valence electrons. The van der Waals surface area contributed by atoms with Crippen molar-refractivity contribution in [2.75, 3.05) is 98.7 Å². The summed E-state index contributed by atoms with van der Waals surface area (Å²) in [4.78, 5) is 8.41. The molecule has 3 unspecified atom stereocenters. The molecular weight excluding hydrogens is 692 g/mol. The van der Waals surface area contributed by atoms with E-state index in [1.165, 1.54) is 0 Å². The second kappa shape index (κ2) is 14.9. The molecule has 0 aromatic heterocycles. The van der Waals surface area contributed by atoms with Gasteiger partial charge < -0.3 is 19.3 Å². The Morgan fingerprint density at radius 3 is 1.47 bits per heavy atom. The van der Waals surface area contributed by atoms with Crippen LogP contribution in [0.25, 0.3) is 0 Å². The molecule has 0 aromatic rings. The number of nitrogens with zero attached hydrogens (tertiary/aromatic N) is 4. The first-order valence-corrected chi connectivity index (χ1v) is 22.2. The van der Waals surface area contributed by atoms with E-state index in [0.29, 0.717) is 43.6 Å². The molecule has 0 bridgehead atoms. The molecule has 0 amide bonds. The molecule has 0 aliphatic carbocycles. The van der Waals surface area contributed by atoms with Crippen LogP contribution in [0.1, 0.15) is 89.5 Å². The van der Waals surface area contributed by atoms with Gasteiger partial charge in [-0.25, -0.2) is 21.2 Å². The minimum Gasteiger partial charge on any atom is -0.345 e. The normalized spacial score (nSPS) is 31.5. The number of halogens is 1. The summed E-state index contributed by atoms with van der Waals surface area (Å²) in [5.41, 5.74) is -0.975. The van der Waals surface area contributed by atoms with Crippen molar-refractivity contribution >= 4 is 19.7 Å². The molecule has 0 N–H and O–H groups in total. The fourth-order valence-corrected chi connectivity index (χ4v) is 13.0. The second-order valence-corrected chi connectivity index (χ2v) is 25.9. The highest BCUT2D eigenvalue weighted by Crippen LogP contribution is 2.48. The van der Waals surface area contributed by atoms with E-state index in [9.17, 15) is 21.2 Å². The van der Waals surface area contributed by atoms with Gasteiger partial charge in [-0.3, -0.25) is 9.80 Å². The van der Waals surface area contributed by atoms with Crippen LogP contribution in [0.5, 0.6) is 0 Å². The van der Waals surface area contributed by atoms with E-state index >= 15 is 0 Å². The van der Waals surface area contributed by atoms with Crippen molar-refractivity contribution in [3.05, 3.63) is 0 Å². The van der Waals surface area contributed by atoms with E-state index in [-0.39, 0.29) is 43.5 Å². The molecule has 6 saturated heterocycles. The summed E-state index contributed by atoms with van der Waals surface area (Å²) in [6.45, 7) is 31.5. The third-order valence-corrected chi connectivity index (χ3v) is 17.0. The summed E-state index contributed by atoms with van der Waals surface area (Å²) in [5.74, 6) is 0.777. The Bertz CT molecular complexity index is 1390. The van der Waals surface area contributed by atoms with Gasteiger partial charge in [0.15, 0.2) is 25.5 Å². The van der Waals surface area contributed by atoms with Gasteiger partial charge in [0, 0.05) is 39.3 Å². The number of sulfone groups is 2. The lowest BCUT2D eigenvalue weighted by Crippen LogP contribution is -2.63. The predicted octanol–water partition coefficient (Wildman–Crippen LogP) is 4.69. The van der Waals surface area contributed by atoms with Crippen LogP contribution >= 0.6 is 0 Å². The Kier molecular flexibility index (Phi) is 13.2. The number of alkyl halides is 1. The number of hydrogen-bond donors (Lipinski definition) is 0. The second-order valence-electron chi connectivity index (χ2n) is 21.1. The SMILES string of the molecule is CN1CC(F)(C(C)(C)C)C1.CN1CC2(C1)OCC(C(C)(C)C)O2.CN1CC2(CC(C(C)(C)C)CS2(=O)=O)C1.CN1CCS(=O)(=O)C(C(C)(C)C)C1. The van der Waals surface area contributed by atoms with Gasteiger partial charge in [-0.2, -0.15) is 0 Å². The minimum atomic E-state index is -2.86. The van der Waals surface area contributed by atoms with Crippen molar-refractivity contribution in [2.45, 2.75) is 117 Å². The Labute approximate surface area is 312 Å². The fourth-order valence-electron chi connectivity index (χ4n) is 7.83. The van der Waals surface area contributed by atoms with E-state index < -0.39 is 25.3 Å². The van der Waals surface area contributed by atoms with E-state index in [2.05, 4.69) is 63.3 Å². The molecule has 0 radical (unpaired) electrons. The molecule has 51 heavy (non-hydrogen) atoms. The van der Waals surface area contributed by atoms with Crippen molar-refractivity contribution in [3.63, 3.8) is 0 Å². The summed E-state index contributed by atoms with van der Waals surface area (Å²) in [7, 11) is 2.29. The van der Waals surface area contributed by atoms with E-state index in [1.54, 1.807) is 0 Å². The van der Waals surface area contributed by atoms with Crippen molar-refractivity contribution in [1.29, 1.82) is 0 Å². The molecule has 3 atom stereocenters. The molecule has 0 aromatic carbocycles. The van der Waals surface area contributed by atoms with Gasteiger partial charge in [0.25, 0.3) is 0 Å². The van der Waals surface area contributed by atoms with Crippen molar-refractivity contribution in [3.8, 4) is 0 Å². The summed E-state index contributed by atoms with van der Waals surface area (Å²) in [6, 6.07) is 0. The molecule has 10 nitrogen and oxygen atoms in total. The smallest absolute Gasteiger partial charge is 0.194 e. The highest BCUT2D eigenvalue weighted by atomic mass is 32.2. The van der Waals surface area contributed by atoms with Crippen molar-refractivity contribution < 1.29 is 30.7 Å². The van der Waals surface area contributed by atoms with Crippen LogP contribution in [-0.4, -0.2) is 163 Å². The van der Waals surface area contributed by atoms with Crippen LogP contribution in [0.2, 0.25) is 0 Å². The molecule has 13 heteroatoms. The van der Waals surface area contributed by atoms with Crippen LogP contribution in [-0.2, 0) is 29.1 Å². The first-order valence-electron chi connectivity index (χ1n) is 18.8. The highest BCUT2D eigenvalue weighted by molar-refractivity contribution is 7.93. The Morgan fingerprint density at radius 1 is 0.667 bits per heavy atom. The standard InChI is InChI=1S/C11H21NO2S.C10H19NO2.C9H19NO2S.C8H16FN/c1-10(2,3)9-5-11(7-12(4)8-11)15(13,14)6-9;1-9(2,3)8-5-12-10(13-8)6-11(4)7-10;1-9(2,3)8-7-10(4)5-6-13(8,11)12;1-7(2,3)8(9)5-10(4)6-8/h9H,5-8H2,1-4H3;2*8H,5-7H2,1-4H3;5-6H2,1-4H3. The maximum Gasteiger partial charge on any atom is 0.194 e. The zero-order valence-corrected chi connectivity index (χ0v) is 36.8. The molecule has 6 aliphatic heterocycles. The van der Waals surface area contributed by atoms with E-state index in [1.807, 2.05) is 67.6 Å². The van der Waals surface area contributed by atoms with Gasteiger partial charge in [-0.05, 0) is 62.2 Å². The van der Waals surface area contributed by atoms with Gasteiger partial charge in [0.05, 0.1) is 47.3 Å². The van der Waals surface area contributed by atoms with Crippen LogP contribution in [0, 0.1) is 27.6 Å². The maximum absolute atomic E-state index is 13.6. The third-order valence-electron chi connectivity index (χ3n) is 11.9. The maximum atomic E-state index is 13.6. The van der Waals surface area contributed by atoms with Crippen LogP contribution in [0.4, 0.5) is 4.39 Å². The predicted molar refractivity (Wildman–Crippen MR) is 207 cm³/mol. The quantitative estimate of drug-likeness (QED) is 0.346. The van der Waals surface area contributed by atoms with Gasteiger partial charge in [0.1, 0.15) is 5.67 Å².